The van der Waals surface area contributed by atoms with E-state index in [1.807, 2.05) is 38.1 Å². The molecule has 1 aliphatic rings. The second-order valence-electron chi connectivity index (χ2n) is 9.97. The van der Waals surface area contributed by atoms with Gasteiger partial charge in [0.25, 0.3) is 0 Å². The summed E-state index contributed by atoms with van der Waals surface area (Å²) in [5.41, 5.74) is 3.38. The van der Waals surface area contributed by atoms with E-state index in [0.717, 1.165) is 42.4 Å². The largest absolute Gasteiger partial charge is 0.352 e. The van der Waals surface area contributed by atoms with Gasteiger partial charge in [0, 0.05) is 30.6 Å². The molecule has 0 aromatic heterocycles. The minimum absolute atomic E-state index is 0.117. The molecule has 1 fully saturated rings. The normalized spacial score (nSPS) is 14.8. The number of nitrogens with zero attached hydrogens (tertiary/aromatic N) is 2. The number of amides is 2. The molecule has 2 amide bonds. The monoisotopic (exact) mass is 547 g/mol. The third-order valence-corrected chi connectivity index (χ3v) is 8.56. The lowest BCUT2D eigenvalue weighted by Crippen LogP contribution is -2.49. The average Bonchev–Trinajstić information content (AvgIpc) is 3.35. The van der Waals surface area contributed by atoms with E-state index in [1.54, 1.807) is 30.0 Å². The van der Waals surface area contributed by atoms with Crippen LogP contribution in [0.1, 0.15) is 62.1 Å². The van der Waals surface area contributed by atoms with Crippen LogP contribution in [-0.2, 0) is 26.2 Å². The summed E-state index contributed by atoms with van der Waals surface area (Å²) >= 11 is 6.03. The van der Waals surface area contributed by atoms with Gasteiger partial charge >= 0.3 is 0 Å². The van der Waals surface area contributed by atoms with Crippen LogP contribution in [0.5, 0.6) is 0 Å². The van der Waals surface area contributed by atoms with Gasteiger partial charge in [-0.1, -0.05) is 48.7 Å². The molecule has 1 atom stereocenters. The number of hydrogen-bond acceptors (Lipinski definition) is 4. The molecule has 0 unspecified atom stereocenters. The van der Waals surface area contributed by atoms with E-state index in [0.29, 0.717) is 17.1 Å². The van der Waals surface area contributed by atoms with Crippen molar-refractivity contribution < 1.29 is 18.0 Å². The van der Waals surface area contributed by atoms with Crippen LogP contribution in [0.2, 0.25) is 5.02 Å². The Morgan fingerprint density at radius 3 is 2.35 bits per heavy atom. The van der Waals surface area contributed by atoms with Gasteiger partial charge < -0.3 is 10.2 Å². The van der Waals surface area contributed by atoms with Crippen LogP contribution in [0.4, 0.5) is 5.69 Å². The van der Waals surface area contributed by atoms with Crippen molar-refractivity contribution in [3.63, 3.8) is 0 Å². The van der Waals surface area contributed by atoms with E-state index in [1.165, 1.54) is 10.6 Å². The molecular formula is C28H38ClN3O4S. The number of halogens is 1. The Kier molecular flexibility index (Phi) is 10.0. The smallest absolute Gasteiger partial charge is 0.242 e. The van der Waals surface area contributed by atoms with E-state index in [4.69, 9.17) is 11.6 Å². The van der Waals surface area contributed by atoms with Crippen molar-refractivity contribution in [2.24, 2.45) is 0 Å². The number of anilines is 1. The first-order valence-corrected chi connectivity index (χ1v) is 15.1. The molecule has 2 aromatic carbocycles. The van der Waals surface area contributed by atoms with Crippen LogP contribution in [0.3, 0.4) is 0 Å². The van der Waals surface area contributed by atoms with Crippen molar-refractivity contribution in [2.45, 2.75) is 77.9 Å². The number of rotatable bonds is 11. The molecule has 0 radical (unpaired) electrons. The first-order chi connectivity index (χ1) is 17.5. The molecule has 202 valence electrons. The van der Waals surface area contributed by atoms with Gasteiger partial charge in [0.05, 0.1) is 11.9 Å². The van der Waals surface area contributed by atoms with E-state index < -0.39 is 16.1 Å². The van der Waals surface area contributed by atoms with Gasteiger partial charge in [-0.2, -0.15) is 0 Å². The van der Waals surface area contributed by atoms with E-state index in [9.17, 15) is 18.0 Å². The molecule has 0 spiro atoms. The van der Waals surface area contributed by atoms with Gasteiger partial charge in [-0.15, -0.1) is 0 Å². The summed E-state index contributed by atoms with van der Waals surface area (Å²) in [6.07, 6.45) is 5.75. The Morgan fingerprint density at radius 1 is 1.08 bits per heavy atom. The number of carbonyl (C=O) groups excluding carboxylic acids is 2. The minimum Gasteiger partial charge on any atom is -0.352 e. The molecule has 37 heavy (non-hydrogen) atoms. The summed E-state index contributed by atoms with van der Waals surface area (Å²) in [5.74, 6) is -0.360. The van der Waals surface area contributed by atoms with Crippen LogP contribution in [0, 0.1) is 13.8 Å². The molecule has 0 heterocycles. The average molecular weight is 548 g/mol. The molecule has 1 N–H and O–H groups in total. The Bertz CT molecular complexity index is 1190. The highest BCUT2D eigenvalue weighted by Crippen LogP contribution is 2.26. The number of hydrogen-bond donors (Lipinski definition) is 1. The molecule has 2 aromatic rings. The van der Waals surface area contributed by atoms with Crippen LogP contribution < -0.4 is 9.62 Å². The van der Waals surface area contributed by atoms with Crippen molar-refractivity contribution in [2.75, 3.05) is 17.1 Å². The summed E-state index contributed by atoms with van der Waals surface area (Å²) in [4.78, 5) is 28.1. The van der Waals surface area contributed by atoms with Crippen molar-refractivity contribution >= 4 is 39.1 Å². The van der Waals surface area contributed by atoms with Gasteiger partial charge in [-0.05, 0) is 74.9 Å². The number of benzene rings is 2. The van der Waals surface area contributed by atoms with E-state index in [2.05, 4.69) is 5.32 Å². The SMILES string of the molecule is Cc1cccc(N(CCCC(=O)N(Cc2ccc(Cl)cc2)[C@@H](C)C(=O)NC2CCCC2)S(C)(=O)=O)c1C. The third-order valence-electron chi connectivity index (χ3n) is 7.13. The molecule has 1 saturated carbocycles. The quantitative estimate of drug-likeness (QED) is 0.430. The van der Waals surface area contributed by atoms with Crippen molar-refractivity contribution in [3.8, 4) is 0 Å². The lowest BCUT2D eigenvalue weighted by Gasteiger charge is -2.30. The first kappa shape index (κ1) is 29.0. The fourth-order valence-electron chi connectivity index (χ4n) is 4.75. The van der Waals surface area contributed by atoms with Gasteiger partial charge in [-0.25, -0.2) is 8.42 Å². The van der Waals surface area contributed by atoms with Crippen LogP contribution in [-0.4, -0.2) is 50.0 Å². The standard InChI is InChI=1S/C28H38ClN3O4S/c1-20-9-7-12-26(21(20)2)32(37(4,35)36)18-8-13-27(33)31(19-23-14-16-24(29)17-15-23)22(3)28(34)30-25-10-5-6-11-25/h7,9,12,14-17,22,25H,5-6,8,10-11,13,18-19H2,1-4H3,(H,30,34)/t22-/m0/s1. The Balaban J connectivity index is 1.73. The van der Waals surface area contributed by atoms with Crippen LogP contribution in [0.15, 0.2) is 42.5 Å². The second-order valence-corrected chi connectivity index (χ2v) is 12.3. The Morgan fingerprint density at radius 2 is 1.73 bits per heavy atom. The maximum Gasteiger partial charge on any atom is 0.242 e. The van der Waals surface area contributed by atoms with E-state index >= 15 is 0 Å². The molecule has 0 bridgehead atoms. The first-order valence-electron chi connectivity index (χ1n) is 12.9. The molecule has 0 saturated heterocycles. The third kappa shape index (κ3) is 7.95. The molecular weight excluding hydrogens is 510 g/mol. The highest BCUT2D eigenvalue weighted by molar-refractivity contribution is 7.92. The molecule has 0 aliphatic heterocycles. The summed E-state index contributed by atoms with van der Waals surface area (Å²) < 4.78 is 26.6. The highest BCUT2D eigenvalue weighted by atomic mass is 35.5. The van der Waals surface area contributed by atoms with Gasteiger partial charge in [0.15, 0.2) is 0 Å². The zero-order chi connectivity index (χ0) is 27.2. The second kappa shape index (κ2) is 12.8. The maximum absolute atomic E-state index is 13.4. The zero-order valence-corrected chi connectivity index (χ0v) is 23.7. The number of aryl methyl sites for hydroxylation is 1. The predicted molar refractivity (Wildman–Crippen MR) is 149 cm³/mol. The number of carbonyl (C=O) groups is 2. The predicted octanol–water partition coefficient (Wildman–Crippen LogP) is 4.98. The highest BCUT2D eigenvalue weighted by Gasteiger charge is 2.29. The van der Waals surface area contributed by atoms with Crippen molar-refractivity contribution in [3.05, 3.63) is 64.2 Å². The molecule has 3 rings (SSSR count). The Labute approximate surface area is 226 Å². The Hall–Kier alpha value is -2.58. The summed E-state index contributed by atoms with van der Waals surface area (Å²) in [7, 11) is -3.54. The number of sulfonamides is 1. The summed E-state index contributed by atoms with van der Waals surface area (Å²) in [6, 6.07) is 12.3. The van der Waals surface area contributed by atoms with Crippen LogP contribution in [0.25, 0.3) is 0 Å². The molecule has 7 nitrogen and oxygen atoms in total. The van der Waals surface area contributed by atoms with E-state index in [-0.39, 0.29) is 37.4 Å². The van der Waals surface area contributed by atoms with Crippen molar-refractivity contribution in [1.29, 1.82) is 0 Å². The summed E-state index contributed by atoms with van der Waals surface area (Å²) in [5, 5.41) is 3.69. The van der Waals surface area contributed by atoms with Gasteiger partial charge in [-0.3, -0.25) is 13.9 Å². The van der Waals surface area contributed by atoms with Gasteiger partial charge in [0.2, 0.25) is 21.8 Å². The topological polar surface area (TPSA) is 86.8 Å². The number of nitrogens with one attached hydrogen (secondary N) is 1. The minimum atomic E-state index is -3.54. The zero-order valence-electron chi connectivity index (χ0n) is 22.2. The van der Waals surface area contributed by atoms with Crippen LogP contribution >= 0.6 is 11.6 Å². The fourth-order valence-corrected chi connectivity index (χ4v) is 5.89. The maximum atomic E-state index is 13.4. The lowest BCUT2D eigenvalue weighted by atomic mass is 10.1. The molecule has 9 heteroatoms. The lowest BCUT2D eigenvalue weighted by molar-refractivity contribution is -0.141. The fraction of sp³-hybridized carbons (Fsp3) is 0.500. The molecule has 1 aliphatic carbocycles. The summed E-state index contributed by atoms with van der Waals surface area (Å²) in [6.45, 7) is 6.02. The van der Waals surface area contributed by atoms with Gasteiger partial charge in [0.1, 0.15) is 6.04 Å². The van der Waals surface area contributed by atoms with Crippen molar-refractivity contribution in [1.82, 2.24) is 10.2 Å².